The fraction of sp³-hybridized carbons (Fsp3) is 0.417. The Bertz CT molecular complexity index is 350. The number of carbonyl (C=O) groups is 1. The molecule has 0 heterocycles. The maximum Gasteiger partial charge on any atom is 0.337 e. The van der Waals surface area contributed by atoms with E-state index in [0.29, 0.717) is 17.9 Å². The lowest BCUT2D eigenvalue weighted by Crippen LogP contribution is -2.19. The van der Waals surface area contributed by atoms with Gasteiger partial charge >= 0.3 is 5.97 Å². The van der Waals surface area contributed by atoms with Crippen molar-refractivity contribution in [2.45, 2.75) is 0 Å². The van der Waals surface area contributed by atoms with Crippen LogP contribution in [0.5, 0.6) is 5.75 Å². The number of carbonyl (C=O) groups excluding carboxylic acids is 1. The molecule has 0 amide bonds. The molecule has 1 rings (SSSR count). The topological polar surface area (TPSA) is 38.8 Å². The Kier molecular flexibility index (Phi) is 4.79. The van der Waals surface area contributed by atoms with E-state index in [2.05, 4.69) is 4.74 Å². The van der Waals surface area contributed by atoms with Crippen molar-refractivity contribution in [2.75, 3.05) is 34.4 Å². The van der Waals surface area contributed by atoms with Crippen LogP contribution in [0.15, 0.2) is 24.3 Å². The first-order valence-corrected chi connectivity index (χ1v) is 5.09. The van der Waals surface area contributed by atoms with Gasteiger partial charge < -0.3 is 14.4 Å². The van der Waals surface area contributed by atoms with Crippen LogP contribution in [0.25, 0.3) is 0 Å². The van der Waals surface area contributed by atoms with Gasteiger partial charge in [-0.05, 0) is 32.3 Å². The molecule has 0 unspecified atom stereocenters. The summed E-state index contributed by atoms with van der Waals surface area (Å²) in [5, 5.41) is 0. The highest BCUT2D eigenvalue weighted by atomic mass is 16.5. The SMILES string of the molecule is COC(=O)c1cccc(OCCN(C)C)c1. The van der Waals surface area contributed by atoms with Crippen LogP contribution < -0.4 is 4.74 Å². The van der Waals surface area contributed by atoms with Gasteiger partial charge in [0, 0.05) is 6.54 Å². The number of likely N-dealkylation sites (N-methyl/N-ethyl adjacent to an activating group) is 1. The summed E-state index contributed by atoms with van der Waals surface area (Å²) in [6, 6.07) is 6.98. The van der Waals surface area contributed by atoms with Crippen molar-refractivity contribution in [1.29, 1.82) is 0 Å². The highest BCUT2D eigenvalue weighted by Gasteiger charge is 2.05. The molecule has 0 saturated carbocycles. The van der Waals surface area contributed by atoms with Gasteiger partial charge in [-0.1, -0.05) is 6.07 Å². The molecule has 16 heavy (non-hydrogen) atoms. The second-order valence-electron chi connectivity index (χ2n) is 3.67. The lowest BCUT2D eigenvalue weighted by molar-refractivity contribution is 0.0600. The predicted octanol–water partition coefficient (Wildman–Crippen LogP) is 1.41. The Morgan fingerprint density at radius 2 is 2.12 bits per heavy atom. The molecule has 88 valence electrons. The largest absolute Gasteiger partial charge is 0.492 e. The lowest BCUT2D eigenvalue weighted by atomic mass is 10.2. The zero-order chi connectivity index (χ0) is 12.0. The monoisotopic (exact) mass is 223 g/mol. The van der Waals surface area contributed by atoms with Crippen LogP contribution in [-0.2, 0) is 4.74 Å². The Morgan fingerprint density at radius 1 is 1.38 bits per heavy atom. The molecule has 4 heteroatoms. The van der Waals surface area contributed by atoms with Crippen molar-refractivity contribution < 1.29 is 14.3 Å². The molecular formula is C12H17NO3. The third-order valence-corrected chi connectivity index (χ3v) is 2.06. The van der Waals surface area contributed by atoms with E-state index < -0.39 is 0 Å². The van der Waals surface area contributed by atoms with E-state index in [1.165, 1.54) is 7.11 Å². The maximum absolute atomic E-state index is 11.3. The second kappa shape index (κ2) is 6.12. The molecule has 1 aromatic carbocycles. The van der Waals surface area contributed by atoms with Crippen molar-refractivity contribution in [3.05, 3.63) is 29.8 Å². The minimum absolute atomic E-state index is 0.349. The van der Waals surface area contributed by atoms with Gasteiger partial charge in [0.15, 0.2) is 0 Å². The molecule has 0 atom stereocenters. The molecular weight excluding hydrogens is 206 g/mol. The minimum Gasteiger partial charge on any atom is -0.492 e. The van der Waals surface area contributed by atoms with E-state index in [9.17, 15) is 4.79 Å². The van der Waals surface area contributed by atoms with E-state index >= 15 is 0 Å². The molecule has 0 aliphatic carbocycles. The van der Waals surface area contributed by atoms with Gasteiger partial charge in [-0.3, -0.25) is 0 Å². The zero-order valence-corrected chi connectivity index (χ0v) is 9.90. The molecule has 0 aliphatic rings. The molecule has 0 aliphatic heterocycles. The van der Waals surface area contributed by atoms with Crippen LogP contribution in [0, 0.1) is 0 Å². The highest BCUT2D eigenvalue weighted by Crippen LogP contribution is 2.13. The van der Waals surface area contributed by atoms with Gasteiger partial charge in [0.05, 0.1) is 12.7 Å². The molecule has 0 radical (unpaired) electrons. The third-order valence-electron chi connectivity index (χ3n) is 2.06. The molecule has 0 saturated heterocycles. The van der Waals surface area contributed by atoms with Gasteiger partial charge in [0.25, 0.3) is 0 Å². The number of benzene rings is 1. The van der Waals surface area contributed by atoms with Crippen LogP contribution in [0.2, 0.25) is 0 Å². The smallest absolute Gasteiger partial charge is 0.337 e. The van der Waals surface area contributed by atoms with E-state index in [1.807, 2.05) is 25.1 Å². The fourth-order valence-electron chi connectivity index (χ4n) is 1.18. The van der Waals surface area contributed by atoms with Gasteiger partial charge in [0.1, 0.15) is 12.4 Å². The van der Waals surface area contributed by atoms with Crippen LogP contribution in [0.4, 0.5) is 0 Å². The van der Waals surface area contributed by atoms with E-state index in [1.54, 1.807) is 18.2 Å². The standard InChI is InChI=1S/C12H17NO3/c1-13(2)7-8-16-11-6-4-5-10(9-11)12(14)15-3/h4-6,9H,7-8H2,1-3H3. The Balaban J connectivity index is 2.57. The number of methoxy groups -OCH3 is 1. The third kappa shape index (κ3) is 3.90. The van der Waals surface area contributed by atoms with Gasteiger partial charge in [-0.15, -0.1) is 0 Å². The second-order valence-corrected chi connectivity index (χ2v) is 3.67. The average molecular weight is 223 g/mol. The van der Waals surface area contributed by atoms with Crippen LogP contribution in [0.1, 0.15) is 10.4 Å². The normalized spacial score (nSPS) is 10.2. The van der Waals surface area contributed by atoms with Crippen molar-refractivity contribution in [1.82, 2.24) is 4.90 Å². The van der Waals surface area contributed by atoms with Crippen LogP contribution >= 0.6 is 0 Å². The molecule has 0 spiro atoms. The first-order chi connectivity index (χ1) is 7.63. The number of hydrogen-bond acceptors (Lipinski definition) is 4. The van der Waals surface area contributed by atoms with Crippen molar-refractivity contribution in [3.8, 4) is 5.75 Å². The van der Waals surface area contributed by atoms with Gasteiger partial charge in [-0.2, -0.15) is 0 Å². The zero-order valence-electron chi connectivity index (χ0n) is 9.90. The maximum atomic E-state index is 11.3. The number of hydrogen-bond donors (Lipinski definition) is 0. The van der Waals surface area contributed by atoms with Crippen molar-refractivity contribution >= 4 is 5.97 Å². The summed E-state index contributed by atoms with van der Waals surface area (Å²) in [7, 11) is 5.32. The summed E-state index contributed by atoms with van der Waals surface area (Å²) in [6.45, 7) is 1.43. The Labute approximate surface area is 95.8 Å². The highest BCUT2D eigenvalue weighted by molar-refractivity contribution is 5.89. The lowest BCUT2D eigenvalue weighted by Gasteiger charge is -2.11. The molecule has 0 fully saturated rings. The number of nitrogens with zero attached hydrogens (tertiary/aromatic N) is 1. The number of rotatable bonds is 5. The first-order valence-electron chi connectivity index (χ1n) is 5.09. The van der Waals surface area contributed by atoms with E-state index in [-0.39, 0.29) is 5.97 Å². The van der Waals surface area contributed by atoms with Crippen LogP contribution in [-0.4, -0.2) is 45.2 Å². The summed E-state index contributed by atoms with van der Waals surface area (Å²) in [5.41, 5.74) is 0.504. The predicted molar refractivity (Wildman–Crippen MR) is 61.8 cm³/mol. The fourth-order valence-corrected chi connectivity index (χ4v) is 1.18. The van der Waals surface area contributed by atoms with Gasteiger partial charge in [0.2, 0.25) is 0 Å². The molecule has 1 aromatic rings. The summed E-state index contributed by atoms with van der Waals surface area (Å²) >= 11 is 0. The minimum atomic E-state index is -0.349. The first kappa shape index (κ1) is 12.5. The molecule has 0 N–H and O–H groups in total. The Hall–Kier alpha value is -1.55. The summed E-state index contributed by atoms with van der Waals surface area (Å²) < 4.78 is 10.1. The molecule has 0 bridgehead atoms. The van der Waals surface area contributed by atoms with E-state index in [0.717, 1.165) is 6.54 Å². The van der Waals surface area contributed by atoms with Crippen molar-refractivity contribution in [3.63, 3.8) is 0 Å². The average Bonchev–Trinajstić information content (AvgIpc) is 2.28. The summed E-state index contributed by atoms with van der Waals surface area (Å²) in [6.07, 6.45) is 0. The van der Waals surface area contributed by atoms with Crippen LogP contribution in [0.3, 0.4) is 0 Å². The van der Waals surface area contributed by atoms with Gasteiger partial charge in [-0.25, -0.2) is 4.79 Å². The van der Waals surface area contributed by atoms with E-state index in [4.69, 9.17) is 4.74 Å². The Morgan fingerprint density at radius 3 is 2.75 bits per heavy atom. The molecule has 4 nitrogen and oxygen atoms in total. The summed E-state index contributed by atoms with van der Waals surface area (Å²) in [4.78, 5) is 13.3. The molecule has 0 aromatic heterocycles. The summed E-state index contributed by atoms with van der Waals surface area (Å²) in [5.74, 6) is 0.336. The van der Waals surface area contributed by atoms with Crippen molar-refractivity contribution in [2.24, 2.45) is 0 Å². The quantitative estimate of drug-likeness (QED) is 0.707. The number of esters is 1. The number of ether oxygens (including phenoxy) is 2.